The van der Waals surface area contributed by atoms with Gasteiger partial charge < -0.3 is 9.73 Å². The van der Waals surface area contributed by atoms with Crippen molar-refractivity contribution in [2.75, 3.05) is 5.32 Å². The zero-order valence-electron chi connectivity index (χ0n) is 12.2. The zero-order chi connectivity index (χ0) is 16.1. The number of anilines is 1. The maximum atomic E-state index is 10.9. The second-order valence-corrected chi connectivity index (χ2v) is 6.79. The average molecular weight is 347 g/mol. The fraction of sp³-hybridized carbons (Fsp3) is 0.214. The summed E-state index contributed by atoms with van der Waals surface area (Å²) >= 11 is 2.75. The Kier molecular flexibility index (Phi) is 4.99. The van der Waals surface area contributed by atoms with E-state index in [-0.39, 0.29) is 5.91 Å². The molecular formula is C14H13N5O2S2. The summed E-state index contributed by atoms with van der Waals surface area (Å²) in [6.45, 7) is 1.43. The van der Waals surface area contributed by atoms with E-state index in [1.54, 1.807) is 0 Å². The lowest BCUT2D eigenvalue weighted by molar-refractivity contribution is -0.114. The molecule has 3 aromatic rings. The van der Waals surface area contributed by atoms with Gasteiger partial charge in [0.05, 0.1) is 12.2 Å². The van der Waals surface area contributed by atoms with Crippen molar-refractivity contribution in [3.05, 3.63) is 47.7 Å². The van der Waals surface area contributed by atoms with Gasteiger partial charge in [-0.2, -0.15) is 0 Å². The van der Waals surface area contributed by atoms with Gasteiger partial charge in [-0.15, -0.1) is 20.4 Å². The molecule has 2 aromatic heterocycles. The van der Waals surface area contributed by atoms with E-state index < -0.39 is 0 Å². The molecule has 7 nitrogen and oxygen atoms in total. The van der Waals surface area contributed by atoms with Crippen LogP contribution in [0.1, 0.15) is 24.3 Å². The third-order valence-corrected chi connectivity index (χ3v) is 4.67. The number of hydrogen-bond donors (Lipinski definition) is 1. The van der Waals surface area contributed by atoms with Crippen molar-refractivity contribution in [3.63, 3.8) is 0 Å². The molecule has 0 aliphatic heterocycles. The molecule has 0 saturated heterocycles. The number of rotatable bonds is 6. The number of carbonyl (C=O) groups excluding carboxylic acids is 1. The smallest absolute Gasteiger partial charge is 0.226 e. The molecule has 0 saturated carbocycles. The first-order chi connectivity index (χ1) is 11.2. The monoisotopic (exact) mass is 347 g/mol. The summed E-state index contributed by atoms with van der Waals surface area (Å²) < 4.78 is 6.36. The standard InChI is InChI=1S/C14H13N5O2S2/c1-9(20)15-13-18-19-14(23-13)22-8-12-17-16-11(21-12)7-10-5-3-2-4-6-10/h2-6H,7-8H2,1H3,(H,15,18,20). The van der Waals surface area contributed by atoms with Gasteiger partial charge >= 0.3 is 0 Å². The SMILES string of the molecule is CC(=O)Nc1nnc(SCc2nnc(Cc3ccccc3)o2)s1. The van der Waals surface area contributed by atoms with Gasteiger partial charge in [0, 0.05) is 6.92 Å². The van der Waals surface area contributed by atoms with Gasteiger partial charge in [-0.05, 0) is 5.56 Å². The largest absolute Gasteiger partial charge is 0.424 e. The molecule has 2 heterocycles. The Morgan fingerprint density at radius 2 is 1.96 bits per heavy atom. The molecule has 0 aliphatic carbocycles. The first kappa shape index (κ1) is 15.6. The van der Waals surface area contributed by atoms with Crippen LogP contribution in [0.4, 0.5) is 5.13 Å². The highest BCUT2D eigenvalue weighted by Crippen LogP contribution is 2.28. The summed E-state index contributed by atoms with van der Waals surface area (Å²) in [7, 11) is 0. The second kappa shape index (κ2) is 7.34. The lowest BCUT2D eigenvalue weighted by Gasteiger charge is -1.95. The Bertz CT molecular complexity index is 787. The van der Waals surface area contributed by atoms with Crippen LogP contribution in [0.15, 0.2) is 39.1 Å². The molecule has 1 aromatic carbocycles. The van der Waals surface area contributed by atoms with Crippen LogP contribution in [0.2, 0.25) is 0 Å². The van der Waals surface area contributed by atoms with Crippen LogP contribution in [-0.4, -0.2) is 26.3 Å². The Morgan fingerprint density at radius 1 is 1.17 bits per heavy atom. The topological polar surface area (TPSA) is 93.8 Å². The van der Waals surface area contributed by atoms with Crippen LogP contribution in [0, 0.1) is 0 Å². The minimum atomic E-state index is -0.167. The second-order valence-electron chi connectivity index (χ2n) is 4.59. The minimum Gasteiger partial charge on any atom is -0.424 e. The molecule has 23 heavy (non-hydrogen) atoms. The first-order valence-corrected chi connectivity index (χ1v) is 8.58. The van der Waals surface area contributed by atoms with Gasteiger partial charge in [0.1, 0.15) is 0 Å². The van der Waals surface area contributed by atoms with Gasteiger partial charge in [-0.1, -0.05) is 53.4 Å². The summed E-state index contributed by atoms with van der Waals surface area (Å²) in [6, 6.07) is 9.96. The molecule has 118 valence electrons. The number of nitrogens with zero attached hydrogens (tertiary/aromatic N) is 4. The third kappa shape index (κ3) is 4.60. The van der Waals surface area contributed by atoms with E-state index >= 15 is 0 Å². The predicted molar refractivity (Wildman–Crippen MR) is 87.3 cm³/mol. The molecule has 0 aliphatic rings. The molecule has 0 radical (unpaired) electrons. The molecule has 9 heteroatoms. The van der Waals surface area contributed by atoms with Gasteiger partial charge in [-0.3, -0.25) is 4.79 Å². The van der Waals surface area contributed by atoms with Gasteiger partial charge in [0.15, 0.2) is 4.34 Å². The van der Waals surface area contributed by atoms with Gasteiger partial charge in [0.2, 0.25) is 22.8 Å². The van der Waals surface area contributed by atoms with Crippen molar-refractivity contribution in [3.8, 4) is 0 Å². The van der Waals surface area contributed by atoms with Crippen LogP contribution in [0.25, 0.3) is 0 Å². The number of thioether (sulfide) groups is 1. The third-order valence-electron chi connectivity index (χ3n) is 2.72. The van der Waals surface area contributed by atoms with Crippen molar-refractivity contribution >= 4 is 34.1 Å². The fourth-order valence-electron chi connectivity index (χ4n) is 1.78. The van der Waals surface area contributed by atoms with Crippen LogP contribution in [-0.2, 0) is 17.0 Å². The van der Waals surface area contributed by atoms with E-state index in [4.69, 9.17) is 4.42 Å². The highest BCUT2D eigenvalue weighted by atomic mass is 32.2. The van der Waals surface area contributed by atoms with E-state index in [1.165, 1.54) is 30.0 Å². The first-order valence-electron chi connectivity index (χ1n) is 6.78. The number of hydrogen-bond acceptors (Lipinski definition) is 8. The molecule has 1 amide bonds. The van der Waals surface area contributed by atoms with E-state index in [1.807, 2.05) is 30.3 Å². The number of carbonyl (C=O) groups is 1. The highest BCUT2D eigenvalue weighted by Gasteiger charge is 2.10. The van der Waals surface area contributed by atoms with E-state index in [0.29, 0.717) is 29.1 Å². The Labute approximate surface area is 140 Å². The fourth-order valence-corrected chi connectivity index (χ4v) is 3.42. The average Bonchev–Trinajstić information content (AvgIpc) is 3.15. The molecular weight excluding hydrogens is 334 g/mol. The van der Waals surface area contributed by atoms with E-state index in [9.17, 15) is 4.79 Å². The number of benzene rings is 1. The molecule has 0 spiro atoms. The van der Waals surface area contributed by atoms with Crippen molar-refractivity contribution in [1.82, 2.24) is 20.4 Å². The van der Waals surface area contributed by atoms with Gasteiger partial charge in [0.25, 0.3) is 0 Å². The number of amides is 1. The van der Waals surface area contributed by atoms with Crippen LogP contribution >= 0.6 is 23.1 Å². The van der Waals surface area contributed by atoms with Crippen molar-refractivity contribution < 1.29 is 9.21 Å². The van der Waals surface area contributed by atoms with Crippen LogP contribution in [0.5, 0.6) is 0 Å². The summed E-state index contributed by atoms with van der Waals surface area (Å²) in [4.78, 5) is 10.9. The van der Waals surface area contributed by atoms with Gasteiger partial charge in [-0.25, -0.2) is 0 Å². The van der Waals surface area contributed by atoms with Crippen molar-refractivity contribution in [2.45, 2.75) is 23.4 Å². The lowest BCUT2D eigenvalue weighted by atomic mass is 10.2. The molecule has 3 rings (SSSR count). The summed E-state index contributed by atoms with van der Waals surface area (Å²) in [5.41, 5.74) is 1.12. The molecule has 0 bridgehead atoms. The molecule has 0 fully saturated rings. The summed E-state index contributed by atoms with van der Waals surface area (Å²) in [5.74, 6) is 1.47. The minimum absolute atomic E-state index is 0.167. The predicted octanol–water partition coefficient (Wildman–Crippen LogP) is 2.76. The lowest BCUT2D eigenvalue weighted by Crippen LogP contribution is -2.04. The molecule has 0 atom stereocenters. The van der Waals surface area contributed by atoms with E-state index in [0.717, 1.165) is 9.90 Å². The summed E-state index contributed by atoms with van der Waals surface area (Å²) in [5, 5.41) is 19.0. The Hall–Kier alpha value is -2.26. The molecule has 1 N–H and O–H groups in total. The maximum absolute atomic E-state index is 10.9. The highest BCUT2D eigenvalue weighted by molar-refractivity contribution is 8.00. The van der Waals surface area contributed by atoms with Crippen LogP contribution in [0.3, 0.4) is 0 Å². The maximum Gasteiger partial charge on any atom is 0.226 e. The molecule has 0 unspecified atom stereocenters. The van der Waals surface area contributed by atoms with Crippen LogP contribution < -0.4 is 5.32 Å². The quantitative estimate of drug-likeness (QED) is 0.541. The summed E-state index contributed by atoms with van der Waals surface area (Å²) in [6.07, 6.45) is 0.615. The zero-order valence-corrected chi connectivity index (χ0v) is 13.9. The Morgan fingerprint density at radius 3 is 2.74 bits per heavy atom. The number of aromatic nitrogens is 4. The van der Waals surface area contributed by atoms with E-state index in [2.05, 4.69) is 25.7 Å². The van der Waals surface area contributed by atoms with Crippen molar-refractivity contribution in [2.24, 2.45) is 0 Å². The normalized spacial score (nSPS) is 10.7. The number of nitrogens with one attached hydrogen (secondary N) is 1. The Balaban J connectivity index is 1.55. The van der Waals surface area contributed by atoms with Crippen molar-refractivity contribution in [1.29, 1.82) is 0 Å².